The lowest BCUT2D eigenvalue weighted by Gasteiger charge is -2.38. The minimum absolute atomic E-state index is 0.0317. The second-order valence-electron chi connectivity index (χ2n) is 7.94. The van der Waals surface area contributed by atoms with Gasteiger partial charge in [-0.05, 0) is 57.4 Å². The standard InChI is InChI=1S/C25H31N3O4/c1-4-15-28(24(30)22-12-11-21(18(3)26-22)25(31)32-5-2)20-13-16-27(17-14-20)23(29)19-9-7-6-8-10-19/h6-12,20H,4-5,13-17H2,1-3H3. The molecule has 1 aromatic carbocycles. The molecule has 3 rings (SSSR count). The summed E-state index contributed by atoms with van der Waals surface area (Å²) < 4.78 is 5.05. The van der Waals surface area contributed by atoms with E-state index in [1.807, 2.05) is 47.1 Å². The highest BCUT2D eigenvalue weighted by molar-refractivity contribution is 5.95. The number of hydrogen-bond donors (Lipinski definition) is 0. The molecule has 0 N–H and O–H groups in total. The molecule has 7 heteroatoms. The van der Waals surface area contributed by atoms with E-state index in [4.69, 9.17) is 4.74 Å². The van der Waals surface area contributed by atoms with Crippen molar-refractivity contribution in [3.05, 3.63) is 65.0 Å². The zero-order chi connectivity index (χ0) is 23.1. The normalized spacial score (nSPS) is 14.2. The highest BCUT2D eigenvalue weighted by Gasteiger charge is 2.31. The first-order chi connectivity index (χ1) is 15.5. The first kappa shape index (κ1) is 23.4. The summed E-state index contributed by atoms with van der Waals surface area (Å²) in [5.74, 6) is -0.542. The van der Waals surface area contributed by atoms with Crippen LogP contribution >= 0.6 is 0 Å². The van der Waals surface area contributed by atoms with Crippen molar-refractivity contribution in [2.24, 2.45) is 0 Å². The maximum Gasteiger partial charge on any atom is 0.339 e. The molecule has 32 heavy (non-hydrogen) atoms. The Bertz CT molecular complexity index is 953. The number of rotatable bonds is 7. The average Bonchev–Trinajstić information content (AvgIpc) is 2.82. The summed E-state index contributed by atoms with van der Waals surface area (Å²) in [4.78, 5) is 46.2. The van der Waals surface area contributed by atoms with Crippen molar-refractivity contribution in [2.45, 2.75) is 46.1 Å². The molecule has 1 aliphatic heterocycles. The van der Waals surface area contributed by atoms with E-state index in [2.05, 4.69) is 4.98 Å². The molecule has 0 aliphatic carbocycles. The zero-order valence-electron chi connectivity index (χ0n) is 19.0. The summed E-state index contributed by atoms with van der Waals surface area (Å²) in [7, 11) is 0. The summed E-state index contributed by atoms with van der Waals surface area (Å²) in [6.45, 7) is 7.63. The smallest absolute Gasteiger partial charge is 0.339 e. The van der Waals surface area contributed by atoms with E-state index < -0.39 is 5.97 Å². The molecule has 0 bridgehead atoms. The number of ether oxygens (including phenoxy) is 1. The van der Waals surface area contributed by atoms with E-state index in [1.165, 1.54) is 0 Å². The van der Waals surface area contributed by atoms with Gasteiger partial charge < -0.3 is 14.5 Å². The summed E-state index contributed by atoms with van der Waals surface area (Å²) in [5, 5.41) is 0. The SMILES string of the molecule is CCCN(C(=O)c1ccc(C(=O)OCC)c(C)n1)C1CCN(C(=O)c2ccccc2)CC1. The number of hydrogen-bond acceptors (Lipinski definition) is 5. The number of carbonyl (C=O) groups excluding carboxylic acids is 3. The number of aryl methyl sites for hydroxylation is 1. The quantitative estimate of drug-likeness (QED) is 0.617. The Morgan fingerprint density at radius 3 is 2.34 bits per heavy atom. The molecule has 170 valence electrons. The third kappa shape index (κ3) is 5.33. The van der Waals surface area contributed by atoms with E-state index in [1.54, 1.807) is 26.0 Å². The van der Waals surface area contributed by atoms with Crippen molar-refractivity contribution in [1.82, 2.24) is 14.8 Å². The largest absolute Gasteiger partial charge is 0.462 e. The van der Waals surface area contributed by atoms with Gasteiger partial charge in [0.2, 0.25) is 0 Å². The number of amides is 2. The number of esters is 1. The van der Waals surface area contributed by atoms with Crippen molar-refractivity contribution in [1.29, 1.82) is 0 Å². The molecular formula is C25H31N3O4. The fraction of sp³-hybridized carbons (Fsp3) is 0.440. The van der Waals surface area contributed by atoms with E-state index in [0.717, 1.165) is 19.3 Å². The number of pyridine rings is 1. The molecule has 2 aromatic rings. The monoisotopic (exact) mass is 437 g/mol. The van der Waals surface area contributed by atoms with Gasteiger partial charge in [-0.1, -0.05) is 25.1 Å². The Morgan fingerprint density at radius 2 is 1.75 bits per heavy atom. The molecule has 0 atom stereocenters. The summed E-state index contributed by atoms with van der Waals surface area (Å²) >= 11 is 0. The Hall–Kier alpha value is -3.22. The van der Waals surface area contributed by atoms with Crippen LogP contribution in [0.1, 0.15) is 70.0 Å². The Morgan fingerprint density at radius 1 is 1.06 bits per heavy atom. The predicted octanol–water partition coefficient (Wildman–Crippen LogP) is 3.72. The fourth-order valence-electron chi connectivity index (χ4n) is 4.09. The summed E-state index contributed by atoms with van der Waals surface area (Å²) in [6, 6.07) is 12.5. The van der Waals surface area contributed by atoms with Gasteiger partial charge in [0.1, 0.15) is 5.69 Å². The third-order valence-corrected chi connectivity index (χ3v) is 5.74. The minimum Gasteiger partial charge on any atom is -0.462 e. The molecule has 1 fully saturated rings. The number of benzene rings is 1. The minimum atomic E-state index is -0.433. The van der Waals surface area contributed by atoms with Crippen molar-refractivity contribution in [2.75, 3.05) is 26.2 Å². The molecular weight excluding hydrogens is 406 g/mol. The van der Waals surface area contributed by atoms with Gasteiger partial charge >= 0.3 is 5.97 Å². The Kier molecular flexibility index (Phi) is 7.98. The summed E-state index contributed by atoms with van der Waals surface area (Å²) in [5.41, 5.74) is 1.87. The average molecular weight is 438 g/mol. The number of piperidine rings is 1. The van der Waals surface area contributed by atoms with Gasteiger partial charge in [-0.15, -0.1) is 0 Å². The highest BCUT2D eigenvalue weighted by atomic mass is 16.5. The van der Waals surface area contributed by atoms with Gasteiger partial charge in [0.15, 0.2) is 0 Å². The molecule has 2 heterocycles. The Labute approximate surface area is 189 Å². The van der Waals surface area contributed by atoms with E-state index in [0.29, 0.717) is 42.1 Å². The molecule has 1 aliphatic rings. The van der Waals surface area contributed by atoms with Crippen LogP contribution in [0.25, 0.3) is 0 Å². The number of aromatic nitrogens is 1. The molecule has 1 saturated heterocycles. The first-order valence-electron chi connectivity index (χ1n) is 11.3. The van der Waals surface area contributed by atoms with Crippen molar-refractivity contribution in [3.63, 3.8) is 0 Å². The van der Waals surface area contributed by atoms with Crippen LogP contribution < -0.4 is 0 Å². The number of carbonyl (C=O) groups is 3. The van der Waals surface area contributed by atoms with Gasteiger partial charge in [-0.25, -0.2) is 9.78 Å². The molecule has 0 spiro atoms. The lowest BCUT2D eigenvalue weighted by Crippen LogP contribution is -2.49. The van der Waals surface area contributed by atoms with Crippen LogP contribution in [0.15, 0.2) is 42.5 Å². The highest BCUT2D eigenvalue weighted by Crippen LogP contribution is 2.21. The molecule has 0 saturated carbocycles. The zero-order valence-corrected chi connectivity index (χ0v) is 19.0. The van der Waals surface area contributed by atoms with Gasteiger partial charge in [-0.3, -0.25) is 9.59 Å². The van der Waals surface area contributed by atoms with Gasteiger partial charge in [-0.2, -0.15) is 0 Å². The van der Waals surface area contributed by atoms with Crippen LogP contribution in [0.2, 0.25) is 0 Å². The first-order valence-corrected chi connectivity index (χ1v) is 11.3. The van der Waals surface area contributed by atoms with Crippen LogP contribution in [-0.4, -0.2) is 64.9 Å². The summed E-state index contributed by atoms with van der Waals surface area (Å²) in [6.07, 6.45) is 2.28. The Balaban J connectivity index is 1.69. The van der Waals surface area contributed by atoms with E-state index in [9.17, 15) is 14.4 Å². The van der Waals surface area contributed by atoms with Crippen LogP contribution in [0.3, 0.4) is 0 Å². The van der Waals surface area contributed by atoms with Crippen LogP contribution in [0.4, 0.5) is 0 Å². The van der Waals surface area contributed by atoms with Gasteiger partial charge in [0.25, 0.3) is 11.8 Å². The molecule has 0 radical (unpaired) electrons. The maximum absolute atomic E-state index is 13.3. The van der Waals surface area contributed by atoms with E-state index in [-0.39, 0.29) is 24.5 Å². The number of nitrogens with zero attached hydrogens (tertiary/aromatic N) is 3. The van der Waals surface area contributed by atoms with Crippen LogP contribution in [0.5, 0.6) is 0 Å². The van der Waals surface area contributed by atoms with Crippen LogP contribution in [-0.2, 0) is 4.74 Å². The lowest BCUT2D eigenvalue weighted by molar-refractivity contribution is 0.0502. The molecule has 7 nitrogen and oxygen atoms in total. The maximum atomic E-state index is 13.3. The predicted molar refractivity (Wildman–Crippen MR) is 122 cm³/mol. The second kappa shape index (κ2) is 10.9. The van der Waals surface area contributed by atoms with E-state index >= 15 is 0 Å². The molecule has 2 amide bonds. The fourth-order valence-corrected chi connectivity index (χ4v) is 4.09. The second-order valence-corrected chi connectivity index (χ2v) is 7.94. The van der Waals surface area contributed by atoms with Gasteiger partial charge in [0, 0.05) is 31.2 Å². The van der Waals surface area contributed by atoms with Gasteiger partial charge in [0.05, 0.1) is 17.9 Å². The van der Waals surface area contributed by atoms with Crippen LogP contribution in [0, 0.1) is 6.92 Å². The third-order valence-electron chi connectivity index (χ3n) is 5.74. The van der Waals surface area contributed by atoms with Crippen molar-refractivity contribution < 1.29 is 19.1 Å². The van der Waals surface area contributed by atoms with Crippen molar-refractivity contribution in [3.8, 4) is 0 Å². The lowest BCUT2D eigenvalue weighted by atomic mass is 10.0. The molecule has 0 unspecified atom stereocenters. The topological polar surface area (TPSA) is 79.8 Å². The van der Waals surface area contributed by atoms with Crippen molar-refractivity contribution >= 4 is 17.8 Å². The number of likely N-dealkylation sites (tertiary alicyclic amines) is 1. The molecule has 1 aromatic heterocycles.